The van der Waals surface area contributed by atoms with Crippen LogP contribution in [0.4, 0.5) is 0 Å². The highest BCUT2D eigenvalue weighted by atomic mass is 16.6. The maximum atomic E-state index is 13.2. The summed E-state index contributed by atoms with van der Waals surface area (Å²) in [7, 11) is 0. The monoisotopic (exact) mass is 1000 g/mol. The average molecular weight is 1010 g/mol. The van der Waals surface area contributed by atoms with Gasteiger partial charge in [-0.05, 0) is 96.3 Å². The molecule has 11 nitrogen and oxygen atoms in total. The summed E-state index contributed by atoms with van der Waals surface area (Å²) in [4.78, 5) is 39.3. The van der Waals surface area contributed by atoms with Gasteiger partial charge >= 0.3 is 17.9 Å². The van der Waals surface area contributed by atoms with E-state index in [2.05, 4.69) is 57.2 Å². The van der Waals surface area contributed by atoms with E-state index in [9.17, 15) is 34.8 Å². The highest BCUT2D eigenvalue weighted by Crippen LogP contribution is 2.27. The molecule has 4 N–H and O–H groups in total. The van der Waals surface area contributed by atoms with Crippen LogP contribution in [0.5, 0.6) is 0 Å². The summed E-state index contributed by atoms with van der Waals surface area (Å²) in [6.07, 6.45) is 44.4. The van der Waals surface area contributed by atoms with Gasteiger partial charge in [0.2, 0.25) is 0 Å². The Morgan fingerprint density at radius 2 is 0.817 bits per heavy atom. The average Bonchev–Trinajstić information content (AvgIpc) is 3.74. The Hall–Kier alpha value is -2.57. The molecule has 11 heteroatoms. The van der Waals surface area contributed by atoms with Crippen molar-refractivity contribution in [3.8, 4) is 0 Å². The zero-order valence-electron chi connectivity index (χ0n) is 45.6. The van der Waals surface area contributed by atoms with Crippen molar-refractivity contribution in [2.45, 2.75) is 314 Å². The number of hydrogen-bond acceptors (Lipinski definition) is 11. The van der Waals surface area contributed by atoms with E-state index < -0.39 is 48.9 Å². The molecule has 0 unspecified atom stereocenters. The Bertz CT molecular complexity index is 1330. The van der Waals surface area contributed by atoms with Crippen molar-refractivity contribution >= 4 is 17.9 Å². The number of hydrogen-bond donors (Lipinski definition) is 4. The molecule has 0 aromatic carbocycles. The normalized spacial score (nSPS) is 17.9. The van der Waals surface area contributed by atoms with Gasteiger partial charge in [0.15, 0.2) is 18.3 Å². The molecule has 1 rings (SSSR count). The number of aliphatic hydroxyl groups is 4. The van der Waals surface area contributed by atoms with Gasteiger partial charge in [-0.25, -0.2) is 0 Å². The van der Waals surface area contributed by atoms with Crippen LogP contribution in [-0.4, -0.2) is 94.3 Å². The van der Waals surface area contributed by atoms with Crippen molar-refractivity contribution in [2.24, 2.45) is 0 Å². The zero-order chi connectivity index (χ0) is 51.8. The van der Waals surface area contributed by atoms with E-state index in [0.717, 1.165) is 135 Å². The molecule has 0 amide bonds. The van der Waals surface area contributed by atoms with Gasteiger partial charge in [-0.15, -0.1) is 0 Å². The number of carbonyl (C=O) groups is 3. The lowest BCUT2D eigenvalue weighted by Gasteiger charge is -2.28. The molecule has 1 heterocycles. The van der Waals surface area contributed by atoms with Gasteiger partial charge in [-0.2, -0.15) is 0 Å². The number of aliphatic hydroxyl groups excluding tert-OH is 4. The maximum absolute atomic E-state index is 13.2. The molecule has 0 bridgehead atoms. The third-order valence-electron chi connectivity index (χ3n) is 13.7. The van der Waals surface area contributed by atoms with E-state index in [1.165, 1.54) is 57.8 Å². The second kappa shape index (κ2) is 48.4. The second-order valence-corrected chi connectivity index (χ2v) is 20.5. The van der Waals surface area contributed by atoms with Crippen molar-refractivity contribution in [3.05, 3.63) is 36.5 Å². The Balaban J connectivity index is 2.56. The van der Waals surface area contributed by atoms with E-state index in [4.69, 9.17) is 18.9 Å². The van der Waals surface area contributed by atoms with Crippen LogP contribution in [0.3, 0.4) is 0 Å². The largest absolute Gasteiger partial charge is 0.457 e. The molecular weight excluding hydrogens is 897 g/mol. The van der Waals surface area contributed by atoms with Gasteiger partial charge in [-0.3, -0.25) is 14.4 Å². The third-order valence-corrected chi connectivity index (χ3v) is 13.7. The van der Waals surface area contributed by atoms with Crippen LogP contribution in [0, 0.1) is 0 Å². The first-order valence-electron chi connectivity index (χ1n) is 29.4. The summed E-state index contributed by atoms with van der Waals surface area (Å²) in [5.41, 5.74) is 0. The quantitative estimate of drug-likeness (QED) is 0.0198. The number of allylic oxidation sites excluding steroid dienone is 3. The Kier molecular flexibility index (Phi) is 45.3. The number of esters is 3. The predicted molar refractivity (Wildman–Crippen MR) is 289 cm³/mol. The minimum Gasteiger partial charge on any atom is -0.457 e. The lowest BCUT2D eigenvalue weighted by atomic mass is 10.0. The smallest absolute Gasteiger partial charge is 0.306 e. The van der Waals surface area contributed by atoms with Gasteiger partial charge < -0.3 is 39.4 Å². The summed E-state index contributed by atoms with van der Waals surface area (Å²) < 4.78 is 23.5. The molecule has 7 atom stereocenters. The van der Waals surface area contributed by atoms with Gasteiger partial charge in [0.25, 0.3) is 0 Å². The molecule has 0 aliphatic carbocycles. The Morgan fingerprint density at radius 1 is 0.465 bits per heavy atom. The van der Waals surface area contributed by atoms with Gasteiger partial charge in [0.05, 0.1) is 31.5 Å². The summed E-state index contributed by atoms with van der Waals surface area (Å²) in [5.74, 6) is -1.29. The van der Waals surface area contributed by atoms with E-state index in [1.807, 2.05) is 0 Å². The van der Waals surface area contributed by atoms with Crippen molar-refractivity contribution < 1.29 is 53.8 Å². The number of rotatable bonds is 50. The molecular formula is C60H108O11. The predicted octanol–water partition coefficient (Wildman–Crippen LogP) is 14.1. The molecule has 0 radical (unpaired) electrons. The Morgan fingerprint density at radius 3 is 1.21 bits per heavy atom. The first-order valence-corrected chi connectivity index (χ1v) is 29.4. The van der Waals surface area contributed by atoms with Gasteiger partial charge in [0, 0.05) is 19.3 Å². The number of unbranched alkanes of at least 4 members (excludes halogenated alkanes) is 24. The zero-order valence-corrected chi connectivity index (χ0v) is 45.6. The molecule has 1 saturated heterocycles. The fourth-order valence-electron chi connectivity index (χ4n) is 9.12. The summed E-state index contributed by atoms with van der Waals surface area (Å²) in [6, 6.07) is 0. The van der Waals surface area contributed by atoms with Crippen LogP contribution in [-0.2, 0) is 33.3 Å². The fraction of sp³-hybridized carbons (Fsp3) is 0.850. The molecule has 1 aliphatic rings. The minimum absolute atomic E-state index is 0.0347. The van der Waals surface area contributed by atoms with Gasteiger partial charge in [-0.1, -0.05) is 192 Å². The van der Waals surface area contributed by atoms with Crippen LogP contribution in [0.2, 0.25) is 0 Å². The molecule has 0 spiro atoms. The molecule has 1 aliphatic heterocycles. The first kappa shape index (κ1) is 66.4. The van der Waals surface area contributed by atoms with Gasteiger partial charge in [0.1, 0.15) is 6.10 Å². The standard InChI is InChI=1S/C60H108O11/c1-4-7-10-31-40-51(62)43-34-25-19-13-16-22-28-37-46-56(65)69-54(49-61)59-60(71-58(67)48-39-30-24-18-15-21-27-36-45-53(64)42-33-12-9-6-3)55(50-68-59)70-57(66)47-38-29-23-17-14-20-26-35-44-52(63)41-32-11-8-5-2/h25-27,34-36,51-55,59-64H,4-24,28-33,37-50H2,1-3H3/t51-,52-,53-,54-,55+,59-,60-/m1/s1. The van der Waals surface area contributed by atoms with Crippen LogP contribution in [0.15, 0.2) is 36.5 Å². The molecule has 0 aromatic rings. The van der Waals surface area contributed by atoms with Crippen molar-refractivity contribution in [3.63, 3.8) is 0 Å². The third kappa shape index (κ3) is 39.6. The number of ether oxygens (including phenoxy) is 4. The molecule has 414 valence electrons. The minimum atomic E-state index is -1.08. The highest BCUT2D eigenvalue weighted by molar-refractivity contribution is 5.71. The highest BCUT2D eigenvalue weighted by Gasteiger charge is 2.47. The first-order chi connectivity index (χ1) is 34.6. The molecule has 1 fully saturated rings. The molecule has 0 aromatic heterocycles. The number of carbonyl (C=O) groups excluding carboxylic acids is 3. The summed E-state index contributed by atoms with van der Waals surface area (Å²) in [5, 5.41) is 40.9. The summed E-state index contributed by atoms with van der Waals surface area (Å²) in [6.45, 7) is 6.01. The van der Waals surface area contributed by atoms with Crippen LogP contribution >= 0.6 is 0 Å². The van der Waals surface area contributed by atoms with Crippen LogP contribution < -0.4 is 0 Å². The van der Waals surface area contributed by atoms with Crippen LogP contribution in [0.1, 0.15) is 271 Å². The lowest BCUT2D eigenvalue weighted by molar-refractivity contribution is -0.175. The topological polar surface area (TPSA) is 169 Å². The Labute approximate surface area is 433 Å². The van der Waals surface area contributed by atoms with Crippen molar-refractivity contribution in [1.29, 1.82) is 0 Å². The van der Waals surface area contributed by atoms with E-state index in [-0.39, 0.29) is 44.2 Å². The fourth-order valence-corrected chi connectivity index (χ4v) is 9.12. The lowest BCUT2D eigenvalue weighted by Crippen LogP contribution is -2.46. The SMILES string of the molecule is CCCCCC[C@@H](O)CC=CCCCCCCCC(=O)O[C@H]1[C@@H]([C@@H](CO)OC(=O)CCCCCCCC=CC[C@H](O)CCCCCC)OC[C@@H]1OC(=O)CCCCCCCC=CC[C@H](O)CCCCCC. The van der Waals surface area contributed by atoms with E-state index in [0.29, 0.717) is 38.5 Å². The molecule has 0 saturated carbocycles. The van der Waals surface area contributed by atoms with E-state index in [1.54, 1.807) is 0 Å². The summed E-state index contributed by atoms with van der Waals surface area (Å²) >= 11 is 0. The maximum Gasteiger partial charge on any atom is 0.306 e. The van der Waals surface area contributed by atoms with Crippen LogP contribution in [0.25, 0.3) is 0 Å². The van der Waals surface area contributed by atoms with Crippen molar-refractivity contribution in [1.82, 2.24) is 0 Å². The van der Waals surface area contributed by atoms with Crippen molar-refractivity contribution in [2.75, 3.05) is 13.2 Å². The molecule has 71 heavy (non-hydrogen) atoms. The second-order valence-electron chi connectivity index (χ2n) is 20.5. The van der Waals surface area contributed by atoms with E-state index >= 15 is 0 Å².